The molecule has 2 aromatic carbocycles. The first-order valence-corrected chi connectivity index (χ1v) is 9.63. The van der Waals surface area contributed by atoms with Crippen molar-refractivity contribution in [2.24, 2.45) is 0 Å². The average molecular weight is 435 g/mol. The fraction of sp³-hybridized carbons (Fsp3) is 0.158. The van der Waals surface area contributed by atoms with Gasteiger partial charge in [0.1, 0.15) is 12.9 Å². The highest BCUT2D eigenvalue weighted by atomic mass is 32.2. The second kappa shape index (κ2) is 9.44. The Morgan fingerprint density at radius 1 is 1.03 bits per heavy atom. The number of hydrogen-bond acceptors (Lipinski definition) is 5. The van der Waals surface area contributed by atoms with Gasteiger partial charge >= 0.3 is 6.18 Å². The van der Waals surface area contributed by atoms with Gasteiger partial charge in [-0.15, -0.1) is 0 Å². The quantitative estimate of drug-likeness (QED) is 0.492. The molecule has 11 heteroatoms. The molecule has 0 saturated heterocycles. The molecular weight excluding hydrogens is 419 g/mol. The van der Waals surface area contributed by atoms with Crippen LogP contribution >= 0.6 is 11.8 Å². The van der Waals surface area contributed by atoms with Gasteiger partial charge in [-0.2, -0.15) is 18.3 Å². The number of carbonyl (C=O) groups excluding carboxylic acids is 2. The van der Waals surface area contributed by atoms with E-state index in [1.165, 1.54) is 36.3 Å². The molecule has 0 aliphatic rings. The average Bonchev–Trinajstić information content (AvgIpc) is 3.24. The number of thioether (sulfide) groups is 1. The predicted octanol–water partition coefficient (Wildman–Crippen LogP) is 3.64. The van der Waals surface area contributed by atoms with Crippen molar-refractivity contribution in [1.29, 1.82) is 0 Å². The Hall–Kier alpha value is -3.34. The van der Waals surface area contributed by atoms with Crippen molar-refractivity contribution in [2.75, 3.05) is 11.9 Å². The summed E-state index contributed by atoms with van der Waals surface area (Å²) in [6.07, 6.45) is -3.11. The van der Waals surface area contributed by atoms with Gasteiger partial charge in [0, 0.05) is 11.3 Å². The van der Waals surface area contributed by atoms with Gasteiger partial charge in [0.25, 0.3) is 11.8 Å². The van der Waals surface area contributed by atoms with Gasteiger partial charge in [-0.3, -0.25) is 14.7 Å². The topological polar surface area (TPSA) is 99.8 Å². The minimum Gasteiger partial charge on any atom is -0.343 e. The zero-order chi connectivity index (χ0) is 21.6. The van der Waals surface area contributed by atoms with Crippen LogP contribution in [-0.2, 0) is 5.75 Å². The molecular formula is C19H16F3N5O2S. The highest BCUT2D eigenvalue weighted by molar-refractivity contribution is 7.98. The van der Waals surface area contributed by atoms with E-state index in [0.29, 0.717) is 16.5 Å². The van der Waals surface area contributed by atoms with E-state index in [2.05, 4.69) is 20.5 Å². The second-order valence-electron chi connectivity index (χ2n) is 6.07. The number of halogens is 3. The van der Waals surface area contributed by atoms with E-state index >= 15 is 0 Å². The Labute approximate surface area is 173 Å². The van der Waals surface area contributed by atoms with Gasteiger partial charge in [-0.05, 0) is 29.8 Å². The van der Waals surface area contributed by atoms with Crippen LogP contribution in [0.15, 0.2) is 60.0 Å². The van der Waals surface area contributed by atoms with Crippen LogP contribution in [0, 0.1) is 0 Å². The lowest BCUT2D eigenvalue weighted by Crippen LogP contribution is -2.34. The highest BCUT2D eigenvalue weighted by Crippen LogP contribution is 2.20. The smallest absolute Gasteiger partial charge is 0.343 e. The van der Waals surface area contributed by atoms with Crippen LogP contribution in [-0.4, -0.2) is 39.7 Å². The lowest BCUT2D eigenvalue weighted by atomic mass is 10.1. The van der Waals surface area contributed by atoms with Gasteiger partial charge in [-0.25, -0.2) is 4.98 Å². The Kier molecular flexibility index (Phi) is 6.72. The first kappa shape index (κ1) is 21.4. The largest absolute Gasteiger partial charge is 0.405 e. The summed E-state index contributed by atoms with van der Waals surface area (Å²) in [6, 6.07) is 12.7. The highest BCUT2D eigenvalue weighted by Gasteiger charge is 2.28. The minimum atomic E-state index is -4.53. The van der Waals surface area contributed by atoms with Crippen molar-refractivity contribution in [3.05, 3.63) is 71.5 Å². The third kappa shape index (κ3) is 6.08. The lowest BCUT2D eigenvalue weighted by molar-refractivity contribution is -0.123. The van der Waals surface area contributed by atoms with Crippen LogP contribution in [0.1, 0.15) is 26.3 Å². The Morgan fingerprint density at radius 2 is 1.77 bits per heavy atom. The van der Waals surface area contributed by atoms with Crippen LogP contribution in [0.25, 0.3) is 0 Å². The molecule has 7 nitrogen and oxygen atoms in total. The molecule has 0 aliphatic heterocycles. The molecule has 0 saturated carbocycles. The predicted molar refractivity (Wildman–Crippen MR) is 105 cm³/mol. The van der Waals surface area contributed by atoms with E-state index in [-0.39, 0.29) is 11.3 Å². The van der Waals surface area contributed by atoms with Crippen LogP contribution < -0.4 is 10.6 Å². The molecule has 0 aliphatic carbocycles. The first-order valence-electron chi connectivity index (χ1n) is 8.64. The minimum absolute atomic E-state index is 0.0600. The maximum Gasteiger partial charge on any atom is 0.405 e. The van der Waals surface area contributed by atoms with Gasteiger partial charge < -0.3 is 10.6 Å². The number of nitrogens with one attached hydrogen (secondary N) is 3. The molecule has 0 fully saturated rings. The summed E-state index contributed by atoms with van der Waals surface area (Å²) >= 11 is 1.45. The second-order valence-corrected chi connectivity index (χ2v) is 7.04. The number of H-pyrrole nitrogens is 1. The standard InChI is InChI=1S/C19H16F3N5O2S/c20-19(21,22)10-23-17(29)14-3-1-2-4-15(14)26-16(28)13-7-5-12(6-8-13)9-30-18-24-11-25-27-18/h1-8,11H,9-10H2,(H,23,29)(H,26,28)(H,24,25,27). The van der Waals surface area contributed by atoms with Crippen molar-refractivity contribution < 1.29 is 22.8 Å². The first-order chi connectivity index (χ1) is 14.3. The number of benzene rings is 2. The number of hydrogen-bond donors (Lipinski definition) is 3. The van der Waals surface area contributed by atoms with E-state index < -0.39 is 24.5 Å². The number of aromatic amines is 1. The van der Waals surface area contributed by atoms with Gasteiger partial charge in [-0.1, -0.05) is 36.0 Å². The summed E-state index contributed by atoms with van der Waals surface area (Å²) in [4.78, 5) is 28.6. The molecule has 2 amide bonds. The van der Waals surface area contributed by atoms with Crippen molar-refractivity contribution in [2.45, 2.75) is 17.1 Å². The SMILES string of the molecule is O=C(Nc1ccccc1C(=O)NCC(F)(F)F)c1ccc(CSc2ncn[nH]2)cc1. The Morgan fingerprint density at radius 3 is 2.43 bits per heavy atom. The number of aromatic nitrogens is 3. The normalized spacial score (nSPS) is 11.2. The van der Waals surface area contributed by atoms with Crippen LogP contribution in [0.3, 0.4) is 0 Å². The summed E-state index contributed by atoms with van der Waals surface area (Å²) in [5.41, 5.74) is 1.36. The van der Waals surface area contributed by atoms with Crippen molar-refractivity contribution >= 4 is 29.3 Å². The maximum absolute atomic E-state index is 12.5. The monoisotopic (exact) mass is 435 g/mol. The fourth-order valence-electron chi connectivity index (χ4n) is 2.43. The molecule has 0 unspecified atom stereocenters. The van der Waals surface area contributed by atoms with Gasteiger partial charge in [0.05, 0.1) is 11.3 Å². The van der Waals surface area contributed by atoms with Crippen molar-refractivity contribution in [1.82, 2.24) is 20.5 Å². The van der Waals surface area contributed by atoms with Crippen LogP contribution in [0.4, 0.5) is 18.9 Å². The Bertz CT molecular complexity index is 1010. The number of anilines is 1. The third-order valence-electron chi connectivity index (χ3n) is 3.85. The molecule has 156 valence electrons. The van der Waals surface area contributed by atoms with Gasteiger partial charge in [0.15, 0.2) is 5.16 Å². The van der Waals surface area contributed by atoms with E-state index in [9.17, 15) is 22.8 Å². The van der Waals surface area contributed by atoms with E-state index in [0.717, 1.165) is 5.56 Å². The third-order valence-corrected chi connectivity index (χ3v) is 4.80. The zero-order valence-electron chi connectivity index (χ0n) is 15.4. The zero-order valence-corrected chi connectivity index (χ0v) is 16.2. The Balaban J connectivity index is 1.63. The molecule has 0 bridgehead atoms. The van der Waals surface area contributed by atoms with E-state index in [4.69, 9.17) is 0 Å². The van der Waals surface area contributed by atoms with Crippen molar-refractivity contribution in [3.8, 4) is 0 Å². The van der Waals surface area contributed by atoms with Crippen molar-refractivity contribution in [3.63, 3.8) is 0 Å². The molecule has 1 heterocycles. The molecule has 30 heavy (non-hydrogen) atoms. The van der Waals surface area contributed by atoms with Crippen LogP contribution in [0.5, 0.6) is 0 Å². The fourth-order valence-corrected chi connectivity index (χ4v) is 3.16. The van der Waals surface area contributed by atoms with Crippen LogP contribution in [0.2, 0.25) is 0 Å². The molecule has 0 radical (unpaired) electrons. The number of amides is 2. The van der Waals surface area contributed by atoms with E-state index in [1.54, 1.807) is 35.6 Å². The number of nitrogens with zero attached hydrogens (tertiary/aromatic N) is 2. The molecule has 3 rings (SSSR count). The molecule has 3 N–H and O–H groups in total. The summed E-state index contributed by atoms with van der Waals surface area (Å²) < 4.78 is 37.0. The molecule has 1 aromatic heterocycles. The van der Waals surface area contributed by atoms with E-state index in [1.807, 2.05) is 0 Å². The summed E-state index contributed by atoms with van der Waals surface area (Å²) in [5, 5.41) is 11.5. The summed E-state index contributed by atoms with van der Waals surface area (Å²) in [5.74, 6) is -0.789. The summed E-state index contributed by atoms with van der Waals surface area (Å²) in [6.45, 7) is -1.46. The molecule has 3 aromatic rings. The molecule has 0 atom stereocenters. The summed E-state index contributed by atoms with van der Waals surface area (Å²) in [7, 11) is 0. The number of para-hydroxylation sites is 1. The lowest BCUT2D eigenvalue weighted by Gasteiger charge is -2.12. The maximum atomic E-state index is 12.5. The number of rotatable bonds is 7. The number of carbonyl (C=O) groups is 2. The van der Waals surface area contributed by atoms with Gasteiger partial charge in [0.2, 0.25) is 0 Å². The number of alkyl halides is 3. The molecule has 0 spiro atoms.